The molecule has 110 valence electrons. The lowest BCUT2D eigenvalue weighted by Gasteiger charge is -2.14. The van der Waals surface area contributed by atoms with Crippen LogP contribution in [0.4, 0.5) is 15.8 Å². The van der Waals surface area contributed by atoms with E-state index in [4.69, 9.17) is 0 Å². The van der Waals surface area contributed by atoms with E-state index in [0.29, 0.717) is 5.69 Å². The van der Waals surface area contributed by atoms with Crippen LogP contribution in [-0.4, -0.2) is 16.6 Å². The molecule has 0 saturated heterocycles. The molecule has 21 heavy (non-hydrogen) atoms. The number of nitrogens with zero attached hydrogens (tertiary/aromatic N) is 1. The molecule has 0 aliphatic heterocycles. The molecule has 6 heteroatoms. The number of anilines is 1. The standard InChI is InChI=1S/C15H15FN2O3/c1-10-6-7-13(14(8-10)18(20)21)17-9-15(19)11-4-2-3-5-12(11)16/h2-8,15,17,19H,9H2,1H3. The Balaban J connectivity index is 2.13. The van der Waals surface area contributed by atoms with Crippen molar-refractivity contribution < 1.29 is 14.4 Å². The van der Waals surface area contributed by atoms with Gasteiger partial charge in [-0.25, -0.2) is 4.39 Å². The minimum atomic E-state index is -1.09. The van der Waals surface area contributed by atoms with Gasteiger partial charge in [-0.15, -0.1) is 0 Å². The van der Waals surface area contributed by atoms with E-state index >= 15 is 0 Å². The van der Waals surface area contributed by atoms with E-state index in [2.05, 4.69) is 5.32 Å². The normalized spacial score (nSPS) is 12.0. The van der Waals surface area contributed by atoms with Crippen molar-refractivity contribution in [1.82, 2.24) is 0 Å². The molecule has 5 nitrogen and oxygen atoms in total. The summed E-state index contributed by atoms with van der Waals surface area (Å²) in [4.78, 5) is 10.5. The van der Waals surface area contributed by atoms with Crippen molar-refractivity contribution in [2.75, 3.05) is 11.9 Å². The average Bonchev–Trinajstić information content (AvgIpc) is 2.46. The van der Waals surface area contributed by atoms with Gasteiger partial charge in [0.25, 0.3) is 5.69 Å². The highest BCUT2D eigenvalue weighted by Gasteiger charge is 2.16. The lowest BCUT2D eigenvalue weighted by Crippen LogP contribution is -2.14. The Hall–Kier alpha value is -2.47. The SMILES string of the molecule is Cc1ccc(NCC(O)c2ccccc2F)c([N+](=O)[O-])c1. The highest BCUT2D eigenvalue weighted by atomic mass is 19.1. The van der Waals surface area contributed by atoms with Crippen molar-refractivity contribution in [3.8, 4) is 0 Å². The first-order valence-corrected chi connectivity index (χ1v) is 6.40. The second-order valence-electron chi connectivity index (χ2n) is 4.70. The van der Waals surface area contributed by atoms with Gasteiger partial charge in [-0.3, -0.25) is 10.1 Å². The van der Waals surface area contributed by atoms with Crippen molar-refractivity contribution in [3.05, 3.63) is 69.5 Å². The number of aliphatic hydroxyl groups is 1. The van der Waals surface area contributed by atoms with Crippen molar-refractivity contribution >= 4 is 11.4 Å². The minimum Gasteiger partial charge on any atom is -0.386 e. The number of aryl methyl sites for hydroxylation is 1. The van der Waals surface area contributed by atoms with Gasteiger partial charge >= 0.3 is 0 Å². The number of nitrogens with one attached hydrogen (secondary N) is 1. The number of hydrogen-bond acceptors (Lipinski definition) is 4. The van der Waals surface area contributed by atoms with Crippen LogP contribution in [0.15, 0.2) is 42.5 Å². The fraction of sp³-hybridized carbons (Fsp3) is 0.200. The van der Waals surface area contributed by atoms with Gasteiger partial charge in [0, 0.05) is 18.2 Å². The molecule has 0 aromatic heterocycles. The maximum absolute atomic E-state index is 13.5. The molecule has 1 unspecified atom stereocenters. The van der Waals surface area contributed by atoms with E-state index in [1.54, 1.807) is 25.1 Å². The first-order chi connectivity index (χ1) is 9.99. The lowest BCUT2D eigenvalue weighted by molar-refractivity contribution is -0.384. The number of aliphatic hydroxyl groups excluding tert-OH is 1. The molecule has 2 aromatic carbocycles. The second-order valence-corrected chi connectivity index (χ2v) is 4.70. The van der Waals surface area contributed by atoms with Crippen molar-refractivity contribution in [2.45, 2.75) is 13.0 Å². The average molecular weight is 290 g/mol. The van der Waals surface area contributed by atoms with Gasteiger partial charge in [0.15, 0.2) is 0 Å². The zero-order valence-electron chi connectivity index (χ0n) is 11.4. The number of nitro benzene ring substituents is 1. The van der Waals surface area contributed by atoms with Crippen LogP contribution in [0, 0.1) is 22.9 Å². The maximum atomic E-state index is 13.5. The predicted molar refractivity (Wildman–Crippen MR) is 77.7 cm³/mol. The van der Waals surface area contributed by atoms with Gasteiger partial charge in [-0.2, -0.15) is 0 Å². The van der Waals surface area contributed by atoms with Gasteiger partial charge in [0.2, 0.25) is 0 Å². The highest BCUT2D eigenvalue weighted by molar-refractivity contribution is 5.62. The Morgan fingerprint density at radius 2 is 2.05 bits per heavy atom. The number of halogens is 1. The van der Waals surface area contributed by atoms with Gasteiger partial charge in [-0.1, -0.05) is 24.3 Å². The first-order valence-electron chi connectivity index (χ1n) is 6.40. The maximum Gasteiger partial charge on any atom is 0.292 e. The summed E-state index contributed by atoms with van der Waals surface area (Å²) in [5.41, 5.74) is 1.14. The Labute approximate surface area is 121 Å². The number of benzene rings is 2. The first kappa shape index (κ1) is 14.9. The van der Waals surface area contributed by atoms with Crippen LogP contribution in [0.3, 0.4) is 0 Å². The second kappa shape index (κ2) is 6.32. The summed E-state index contributed by atoms with van der Waals surface area (Å²) in [7, 11) is 0. The Bertz CT molecular complexity index is 661. The quantitative estimate of drug-likeness (QED) is 0.655. The summed E-state index contributed by atoms with van der Waals surface area (Å²) in [6.45, 7) is 1.73. The third-order valence-electron chi connectivity index (χ3n) is 3.10. The number of nitro groups is 1. The molecule has 0 spiro atoms. The molecule has 2 aromatic rings. The van der Waals surface area contributed by atoms with Gasteiger partial charge in [0.05, 0.1) is 11.0 Å². The van der Waals surface area contributed by atoms with Crippen molar-refractivity contribution in [2.24, 2.45) is 0 Å². The summed E-state index contributed by atoms with van der Waals surface area (Å²) in [5, 5.41) is 23.7. The van der Waals surface area contributed by atoms with Crippen LogP contribution >= 0.6 is 0 Å². The molecular formula is C15H15FN2O3. The third kappa shape index (κ3) is 3.55. The summed E-state index contributed by atoms with van der Waals surface area (Å²) in [5.74, 6) is -0.509. The zero-order chi connectivity index (χ0) is 15.4. The topological polar surface area (TPSA) is 75.4 Å². The molecule has 0 bridgehead atoms. The fourth-order valence-corrected chi connectivity index (χ4v) is 2.00. The molecule has 1 atom stereocenters. The number of hydrogen-bond donors (Lipinski definition) is 2. The summed E-state index contributed by atoms with van der Waals surface area (Å²) in [6, 6.07) is 10.6. The van der Waals surface area contributed by atoms with Crippen LogP contribution in [0.2, 0.25) is 0 Å². The fourth-order valence-electron chi connectivity index (χ4n) is 2.00. The molecule has 0 fully saturated rings. The van der Waals surface area contributed by atoms with Crippen LogP contribution < -0.4 is 5.32 Å². The summed E-state index contributed by atoms with van der Waals surface area (Å²) < 4.78 is 13.5. The van der Waals surface area contributed by atoms with E-state index in [9.17, 15) is 19.6 Å². The highest BCUT2D eigenvalue weighted by Crippen LogP contribution is 2.26. The Kier molecular flexibility index (Phi) is 4.49. The molecule has 2 rings (SSSR count). The van der Waals surface area contributed by atoms with E-state index in [1.807, 2.05) is 0 Å². The van der Waals surface area contributed by atoms with Crippen LogP contribution in [0.5, 0.6) is 0 Å². The lowest BCUT2D eigenvalue weighted by atomic mass is 10.1. The van der Waals surface area contributed by atoms with E-state index in [1.165, 1.54) is 24.3 Å². The monoisotopic (exact) mass is 290 g/mol. The molecule has 0 saturated carbocycles. The Morgan fingerprint density at radius 1 is 1.33 bits per heavy atom. The molecule has 0 radical (unpaired) electrons. The van der Waals surface area contributed by atoms with Gasteiger partial charge in [-0.05, 0) is 24.6 Å². The minimum absolute atomic E-state index is 0.0230. The van der Waals surface area contributed by atoms with E-state index < -0.39 is 16.8 Å². The summed E-state index contributed by atoms with van der Waals surface area (Å²) in [6.07, 6.45) is -1.09. The zero-order valence-corrected chi connectivity index (χ0v) is 11.4. The van der Waals surface area contributed by atoms with Crippen LogP contribution in [0.25, 0.3) is 0 Å². The Morgan fingerprint density at radius 3 is 2.71 bits per heavy atom. The van der Waals surface area contributed by atoms with Crippen molar-refractivity contribution in [3.63, 3.8) is 0 Å². The molecule has 0 heterocycles. The summed E-state index contributed by atoms with van der Waals surface area (Å²) >= 11 is 0. The van der Waals surface area contributed by atoms with Crippen LogP contribution in [-0.2, 0) is 0 Å². The van der Waals surface area contributed by atoms with E-state index in [-0.39, 0.29) is 17.8 Å². The third-order valence-corrected chi connectivity index (χ3v) is 3.10. The largest absolute Gasteiger partial charge is 0.386 e. The van der Waals surface area contributed by atoms with Gasteiger partial charge in [0.1, 0.15) is 11.5 Å². The van der Waals surface area contributed by atoms with Crippen LogP contribution in [0.1, 0.15) is 17.2 Å². The molecule has 2 N–H and O–H groups in total. The van der Waals surface area contributed by atoms with E-state index in [0.717, 1.165) is 5.56 Å². The molecule has 0 aliphatic rings. The predicted octanol–water partition coefficient (Wildman–Crippen LogP) is 3.19. The van der Waals surface area contributed by atoms with Gasteiger partial charge < -0.3 is 10.4 Å². The molecule has 0 aliphatic carbocycles. The van der Waals surface area contributed by atoms with Crippen molar-refractivity contribution in [1.29, 1.82) is 0 Å². The molecular weight excluding hydrogens is 275 g/mol. The smallest absolute Gasteiger partial charge is 0.292 e. The number of rotatable bonds is 5. The molecule has 0 amide bonds.